The Morgan fingerprint density at radius 3 is 1.90 bits per heavy atom. The maximum absolute atomic E-state index is 12.3. The third-order valence-corrected chi connectivity index (χ3v) is 3.23. The molecule has 10 nitrogen and oxygen atoms in total. The second-order valence-electron chi connectivity index (χ2n) is 8.56. The quantitative estimate of drug-likeness (QED) is 0.399. The molecule has 0 saturated heterocycles. The lowest BCUT2D eigenvalue weighted by Gasteiger charge is -2.23. The average Bonchev–Trinajstić information content (AvgIpc) is 2.49. The van der Waals surface area contributed by atoms with Gasteiger partial charge in [-0.2, -0.15) is 0 Å². The summed E-state index contributed by atoms with van der Waals surface area (Å²) in [5.41, 5.74) is -1.30. The van der Waals surface area contributed by atoms with E-state index in [1.165, 1.54) is 0 Å². The van der Waals surface area contributed by atoms with Gasteiger partial charge in [-0.05, 0) is 60.8 Å². The molecule has 0 aliphatic heterocycles. The summed E-state index contributed by atoms with van der Waals surface area (Å²) in [6.45, 7) is 10.7. The minimum atomic E-state index is -1.03. The summed E-state index contributed by atoms with van der Waals surface area (Å²) in [4.78, 5) is 46.5. The summed E-state index contributed by atoms with van der Waals surface area (Å²) in [5, 5.41) is 16.3. The fraction of sp³-hybridized carbons (Fsp3) is 0.789. The van der Waals surface area contributed by atoms with Crippen LogP contribution in [0.5, 0.6) is 0 Å². The molecule has 4 N–H and O–H groups in total. The highest BCUT2D eigenvalue weighted by molar-refractivity contribution is 5.85. The summed E-state index contributed by atoms with van der Waals surface area (Å²) in [5.74, 6) is -1.52. The van der Waals surface area contributed by atoms with E-state index in [-0.39, 0.29) is 13.0 Å². The second-order valence-corrected chi connectivity index (χ2v) is 8.56. The summed E-state index contributed by atoms with van der Waals surface area (Å²) in [6, 6.07) is -0.875. The van der Waals surface area contributed by atoms with Gasteiger partial charge in [0.25, 0.3) is 0 Å². The van der Waals surface area contributed by atoms with E-state index < -0.39 is 41.3 Å². The van der Waals surface area contributed by atoms with Gasteiger partial charge in [-0.3, -0.25) is 9.59 Å². The van der Waals surface area contributed by atoms with E-state index in [1.807, 2.05) is 0 Å². The van der Waals surface area contributed by atoms with E-state index in [4.69, 9.17) is 14.6 Å². The molecule has 0 spiro atoms. The van der Waals surface area contributed by atoms with Gasteiger partial charge in [0.1, 0.15) is 17.2 Å². The number of carboxylic acid groups (broad SMARTS) is 1. The lowest BCUT2D eigenvalue weighted by Crippen LogP contribution is -2.48. The topological polar surface area (TPSA) is 143 Å². The minimum absolute atomic E-state index is 0.0408. The zero-order valence-electron chi connectivity index (χ0n) is 18.2. The standard InChI is InChI=1S/C19H35N3O7/c1-18(2,3)28-16(26)21-11-8-7-9-13(15(25)20-12-10-14(23)24)22-17(27)29-19(4,5)6/h13H,7-12H2,1-6H3,(H,20,25)(H,21,26)(H,22,27)(H,23,24)/t13-/m0/s1. The Hall–Kier alpha value is -2.52. The molecule has 1 atom stereocenters. The van der Waals surface area contributed by atoms with Gasteiger partial charge in [-0.1, -0.05) is 0 Å². The van der Waals surface area contributed by atoms with Gasteiger partial charge >= 0.3 is 18.2 Å². The molecule has 3 amide bonds. The highest BCUT2D eigenvalue weighted by Crippen LogP contribution is 2.09. The minimum Gasteiger partial charge on any atom is -0.481 e. The van der Waals surface area contributed by atoms with Gasteiger partial charge in [0, 0.05) is 13.1 Å². The molecular weight excluding hydrogens is 382 g/mol. The van der Waals surface area contributed by atoms with Crippen LogP contribution in [-0.4, -0.2) is 59.5 Å². The number of nitrogens with one attached hydrogen (secondary N) is 3. The largest absolute Gasteiger partial charge is 0.481 e. The van der Waals surface area contributed by atoms with Crippen molar-refractivity contribution in [3.05, 3.63) is 0 Å². The van der Waals surface area contributed by atoms with E-state index in [0.717, 1.165) is 0 Å². The van der Waals surface area contributed by atoms with Crippen LogP contribution in [0.3, 0.4) is 0 Å². The molecule has 0 fully saturated rings. The number of hydrogen-bond donors (Lipinski definition) is 4. The van der Waals surface area contributed by atoms with Crippen LogP contribution in [-0.2, 0) is 19.1 Å². The molecule has 0 radical (unpaired) electrons. The first-order chi connectivity index (χ1) is 13.2. The summed E-state index contributed by atoms with van der Waals surface area (Å²) in [6.07, 6.45) is -0.0783. The highest BCUT2D eigenvalue weighted by Gasteiger charge is 2.24. The number of alkyl carbamates (subject to hydrolysis) is 2. The fourth-order valence-corrected chi connectivity index (χ4v) is 2.11. The van der Waals surface area contributed by atoms with Gasteiger partial charge in [0.15, 0.2) is 0 Å². The molecule has 10 heteroatoms. The monoisotopic (exact) mass is 417 g/mol. The number of carbonyl (C=O) groups is 4. The molecule has 0 unspecified atom stereocenters. The zero-order chi connectivity index (χ0) is 22.7. The number of amides is 3. The maximum Gasteiger partial charge on any atom is 0.408 e. The molecule has 29 heavy (non-hydrogen) atoms. The number of hydrogen-bond acceptors (Lipinski definition) is 6. The number of carboxylic acids is 1. The van der Waals surface area contributed by atoms with Crippen LogP contribution < -0.4 is 16.0 Å². The second kappa shape index (κ2) is 12.1. The Labute approximate surface area is 172 Å². The summed E-state index contributed by atoms with van der Waals surface area (Å²) >= 11 is 0. The Balaban J connectivity index is 4.53. The first-order valence-corrected chi connectivity index (χ1v) is 9.65. The van der Waals surface area contributed by atoms with E-state index >= 15 is 0 Å². The van der Waals surface area contributed by atoms with E-state index in [9.17, 15) is 19.2 Å². The number of rotatable bonds is 10. The van der Waals surface area contributed by atoms with Crippen molar-refractivity contribution < 1.29 is 33.8 Å². The number of unbranched alkanes of at least 4 members (excludes halogenated alkanes) is 1. The van der Waals surface area contributed by atoms with Crippen LogP contribution in [0.1, 0.15) is 67.2 Å². The van der Waals surface area contributed by atoms with Crippen molar-refractivity contribution in [1.82, 2.24) is 16.0 Å². The van der Waals surface area contributed by atoms with Crippen molar-refractivity contribution in [3.63, 3.8) is 0 Å². The molecule has 0 bridgehead atoms. The first kappa shape index (κ1) is 26.5. The summed E-state index contributed by atoms with van der Waals surface area (Å²) < 4.78 is 10.3. The molecule has 0 heterocycles. The van der Waals surface area contributed by atoms with E-state index in [1.54, 1.807) is 41.5 Å². The SMILES string of the molecule is CC(C)(C)OC(=O)NCCCC[C@H](NC(=O)OC(C)(C)C)C(=O)NCCC(=O)O. The molecule has 0 aromatic rings. The molecule has 0 rings (SSSR count). The Morgan fingerprint density at radius 1 is 0.828 bits per heavy atom. The summed E-state index contributed by atoms with van der Waals surface area (Å²) in [7, 11) is 0. The maximum atomic E-state index is 12.3. The Morgan fingerprint density at radius 2 is 1.38 bits per heavy atom. The number of aliphatic carboxylic acids is 1. The van der Waals surface area contributed by atoms with Gasteiger partial charge in [-0.25, -0.2) is 9.59 Å². The van der Waals surface area contributed by atoms with Crippen LogP contribution in [0.15, 0.2) is 0 Å². The third kappa shape index (κ3) is 16.2. The van der Waals surface area contributed by atoms with Crippen molar-refractivity contribution in [2.45, 2.75) is 84.5 Å². The van der Waals surface area contributed by atoms with Crippen LogP contribution in [0.25, 0.3) is 0 Å². The Kier molecular flexibility index (Phi) is 11.1. The van der Waals surface area contributed by atoms with Gasteiger partial charge in [0.05, 0.1) is 6.42 Å². The predicted molar refractivity (Wildman–Crippen MR) is 107 cm³/mol. The molecule has 0 aliphatic rings. The van der Waals surface area contributed by atoms with Crippen LogP contribution >= 0.6 is 0 Å². The average molecular weight is 418 g/mol. The molecule has 0 aromatic carbocycles. The van der Waals surface area contributed by atoms with Crippen molar-refractivity contribution in [2.75, 3.05) is 13.1 Å². The molecule has 0 aliphatic carbocycles. The van der Waals surface area contributed by atoms with Crippen molar-refractivity contribution in [2.24, 2.45) is 0 Å². The zero-order valence-corrected chi connectivity index (χ0v) is 18.2. The molecule has 0 aromatic heterocycles. The molecule has 0 saturated carbocycles. The van der Waals surface area contributed by atoms with Gasteiger partial charge < -0.3 is 30.5 Å². The molecule has 168 valence electrons. The normalized spacial score (nSPS) is 12.5. The van der Waals surface area contributed by atoms with Crippen molar-refractivity contribution in [1.29, 1.82) is 0 Å². The Bertz CT molecular complexity index is 565. The lowest BCUT2D eigenvalue weighted by atomic mass is 10.1. The van der Waals surface area contributed by atoms with Crippen LogP contribution in [0.2, 0.25) is 0 Å². The van der Waals surface area contributed by atoms with Gasteiger partial charge in [0.2, 0.25) is 5.91 Å². The number of ether oxygens (including phenoxy) is 2. The van der Waals surface area contributed by atoms with Crippen LogP contribution in [0.4, 0.5) is 9.59 Å². The number of carbonyl (C=O) groups excluding carboxylic acids is 3. The van der Waals surface area contributed by atoms with Crippen molar-refractivity contribution in [3.8, 4) is 0 Å². The lowest BCUT2D eigenvalue weighted by molar-refractivity contribution is -0.137. The highest BCUT2D eigenvalue weighted by atomic mass is 16.6. The predicted octanol–water partition coefficient (Wildman–Crippen LogP) is 2.17. The van der Waals surface area contributed by atoms with E-state index in [0.29, 0.717) is 25.8 Å². The smallest absolute Gasteiger partial charge is 0.408 e. The third-order valence-electron chi connectivity index (χ3n) is 3.23. The first-order valence-electron chi connectivity index (χ1n) is 9.65. The van der Waals surface area contributed by atoms with Crippen molar-refractivity contribution >= 4 is 24.1 Å². The van der Waals surface area contributed by atoms with Gasteiger partial charge in [-0.15, -0.1) is 0 Å². The molecular formula is C19H35N3O7. The fourth-order valence-electron chi connectivity index (χ4n) is 2.11. The van der Waals surface area contributed by atoms with E-state index in [2.05, 4.69) is 16.0 Å². The van der Waals surface area contributed by atoms with Crippen LogP contribution in [0, 0.1) is 0 Å².